The van der Waals surface area contributed by atoms with Crippen molar-refractivity contribution in [3.63, 3.8) is 0 Å². The van der Waals surface area contributed by atoms with Gasteiger partial charge in [0.15, 0.2) is 0 Å². The van der Waals surface area contributed by atoms with E-state index in [4.69, 9.17) is 11.6 Å². The molecule has 100 valence electrons. The molecule has 0 saturated carbocycles. The molecule has 1 atom stereocenters. The largest absolute Gasteiger partial charge is 0.343 e. The molecule has 0 aliphatic carbocycles. The number of rotatable bonds is 1. The van der Waals surface area contributed by atoms with E-state index in [1.54, 1.807) is 16.2 Å². The summed E-state index contributed by atoms with van der Waals surface area (Å²) < 4.78 is 1.13. The number of amides is 1. The van der Waals surface area contributed by atoms with Crippen LogP contribution in [0.25, 0.3) is 10.2 Å². The Morgan fingerprint density at radius 3 is 3.00 bits per heavy atom. The van der Waals surface area contributed by atoms with Gasteiger partial charge in [-0.25, -0.2) is 4.98 Å². The van der Waals surface area contributed by atoms with Crippen molar-refractivity contribution in [3.8, 4) is 0 Å². The van der Waals surface area contributed by atoms with Crippen molar-refractivity contribution < 1.29 is 4.79 Å². The zero-order valence-electron chi connectivity index (χ0n) is 10.8. The minimum atomic E-state index is 0.155. The summed E-state index contributed by atoms with van der Waals surface area (Å²) in [5, 5.41) is 1.74. The Morgan fingerprint density at radius 1 is 1.42 bits per heavy atom. The van der Waals surface area contributed by atoms with Gasteiger partial charge in [0, 0.05) is 18.6 Å². The molecule has 1 aromatic carbocycles. The van der Waals surface area contributed by atoms with Gasteiger partial charge >= 0.3 is 0 Å². The van der Waals surface area contributed by atoms with Gasteiger partial charge in [-0.1, -0.05) is 11.6 Å². The summed E-state index contributed by atoms with van der Waals surface area (Å²) >= 11 is 7.66. The summed E-state index contributed by atoms with van der Waals surface area (Å²) in [7, 11) is 3.81. The van der Waals surface area contributed by atoms with Gasteiger partial charge in [-0.05, 0) is 25.2 Å². The highest BCUT2D eigenvalue weighted by Crippen LogP contribution is 2.32. The van der Waals surface area contributed by atoms with Crippen LogP contribution in [0.5, 0.6) is 0 Å². The number of nitrogens with zero attached hydrogens (tertiary/aromatic N) is 3. The summed E-state index contributed by atoms with van der Waals surface area (Å²) in [5.41, 5.74) is 0.931. The molecule has 19 heavy (non-hydrogen) atoms. The quantitative estimate of drug-likeness (QED) is 0.810. The molecular formula is C13H14ClN3OS. The molecule has 3 rings (SSSR count). The lowest BCUT2D eigenvalue weighted by Gasteiger charge is -2.35. The Balaban J connectivity index is 1.97. The molecule has 2 aromatic rings. The summed E-state index contributed by atoms with van der Waals surface area (Å²) in [6.45, 7) is 1.13. The molecule has 1 unspecified atom stereocenters. The van der Waals surface area contributed by atoms with Crippen molar-refractivity contribution >= 4 is 39.1 Å². The van der Waals surface area contributed by atoms with Crippen LogP contribution < -0.4 is 0 Å². The SMILES string of the molecule is CN1CC(c2nc3cc(Cl)ccc3s2)N(C)CC1=O. The number of hydrogen-bond acceptors (Lipinski definition) is 4. The lowest BCUT2D eigenvalue weighted by Crippen LogP contribution is -2.48. The van der Waals surface area contributed by atoms with Gasteiger partial charge in [-0.15, -0.1) is 11.3 Å². The summed E-state index contributed by atoms with van der Waals surface area (Å²) in [6.07, 6.45) is 0. The average molecular weight is 296 g/mol. The average Bonchev–Trinajstić information content (AvgIpc) is 2.76. The number of piperazine rings is 1. The maximum absolute atomic E-state index is 11.6. The number of thiazole rings is 1. The number of carbonyl (C=O) groups excluding carboxylic acids is 1. The molecule has 1 amide bonds. The van der Waals surface area contributed by atoms with E-state index in [0.717, 1.165) is 15.2 Å². The van der Waals surface area contributed by atoms with Crippen LogP contribution in [0.2, 0.25) is 5.02 Å². The Labute approximate surface area is 120 Å². The Bertz CT molecular complexity index is 642. The molecule has 1 aliphatic heterocycles. The second kappa shape index (κ2) is 4.74. The van der Waals surface area contributed by atoms with Crippen LogP contribution in [0.4, 0.5) is 0 Å². The highest BCUT2D eigenvalue weighted by Gasteiger charge is 2.30. The molecule has 0 bridgehead atoms. The second-order valence-electron chi connectivity index (χ2n) is 4.87. The van der Waals surface area contributed by atoms with Crippen LogP contribution in [-0.2, 0) is 4.79 Å². The van der Waals surface area contributed by atoms with Crippen molar-refractivity contribution in [3.05, 3.63) is 28.2 Å². The van der Waals surface area contributed by atoms with Crippen molar-refractivity contribution in [2.24, 2.45) is 0 Å². The van der Waals surface area contributed by atoms with Crippen molar-refractivity contribution in [1.29, 1.82) is 0 Å². The van der Waals surface area contributed by atoms with Gasteiger partial charge in [0.05, 0.1) is 22.8 Å². The number of benzene rings is 1. The van der Waals surface area contributed by atoms with E-state index >= 15 is 0 Å². The Morgan fingerprint density at radius 2 is 2.21 bits per heavy atom. The smallest absolute Gasteiger partial charge is 0.236 e. The van der Waals surface area contributed by atoms with E-state index in [9.17, 15) is 4.79 Å². The third-order valence-corrected chi connectivity index (χ3v) is 4.81. The van der Waals surface area contributed by atoms with Gasteiger partial charge in [0.2, 0.25) is 5.91 Å². The van der Waals surface area contributed by atoms with Crippen LogP contribution in [0.3, 0.4) is 0 Å². The third-order valence-electron chi connectivity index (χ3n) is 3.44. The molecule has 0 N–H and O–H groups in total. The molecule has 6 heteroatoms. The van der Waals surface area contributed by atoms with Gasteiger partial charge in [0.1, 0.15) is 5.01 Å². The van der Waals surface area contributed by atoms with Gasteiger partial charge in [-0.2, -0.15) is 0 Å². The molecule has 2 heterocycles. The molecule has 1 fully saturated rings. The number of halogens is 1. The first-order valence-corrected chi connectivity index (χ1v) is 7.24. The minimum Gasteiger partial charge on any atom is -0.343 e. The van der Waals surface area contributed by atoms with E-state index < -0.39 is 0 Å². The van der Waals surface area contributed by atoms with E-state index in [1.165, 1.54) is 0 Å². The van der Waals surface area contributed by atoms with E-state index in [2.05, 4.69) is 9.88 Å². The topological polar surface area (TPSA) is 36.4 Å². The first-order valence-electron chi connectivity index (χ1n) is 6.05. The molecule has 1 saturated heterocycles. The van der Waals surface area contributed by atoms with E-state index in [-0.39, 0.29) is 11.9 Å². The van der Waals surface area contributed by atoms with Crippen molar-refractivity contribution in [1.82, 2.24) is 14.8 Å². The molecule has 1 aliphatic rings. The fraction of sp³-hybridized carbons (Fsp3) is 0.385. The predicted octanol–water partition coefficient (Wildman–Crippen LogP) is 2.39. The lowest BCUT2D eigenvalue weighted by molar-refractivity contribution is -0.136. The van der Waals surface area contributed by atoms with Gasteiger partial charge in [0.25, 0.3) is 0 Å². The number of aromatic nitrogens is 1. The van der Waals surface area contributed by atoms with Gasteiger partial charge < -0.3 is 4.90 Å². The summed E-state index contributed by atoms with van der Waals surface area (Å²) in [5.74, 6) is 0.155. The summed E-state index contributed by atoms with van der Waals surface area (Å²) in [6, 6.07) is 5.93. The summed E-state index contributed by atoms with van der Waals surface area (Å²) in [4.78, 5) is 20.1. The van der Waals surface area contributed by atoms with Crippen molar-refractivity contribution in [2.75, 3.05) is 27.2 Å². The first kappa shape index (κ1) is 12.8. The normalized spacial score (nSPS) is 21.3. The van der Waals surface area contributed by atoms with E-state index in [1.807, 2.05) is 32.3 Å². The highest BCUT2D eigenvalue weighted by molar-refractivity contribution is 7.18. The molecular weight excluding hydrogens is 282 g/mol. The van der Waals surface area contributed by atoms with Crippen LogP contribution in [0.15, 0.2) is 18.2 Å². The van der Waals surface area contributed by atoms with Crippen molar-refractivity contribution in [2.45, 2.75) is 6.04 Å². The van der Waals surface area contributed by atoms with Crippen LogP contribution in [0, 0.1) is 0 Å². The standard InChI is InChI=1S/C13H14ClN3OS/c1-16-7-12(18)17(2)6-10(16)13-15-9-5-8(14)3-4-11(9)19-13/h3-5,10H,6-7H2,1-2H3. The van der Waals surface area contributed by atoms with Gasteiger partial charge in [-0.3, -0.25) is 9.69 Å². The molecule has 0 radical (unpaired) electrons. The Kier molecular flexibility index (Phi) is 3.20. The molecule has 1 aromatic heterocycles. The maximum Gasteiger partial charge on any atom is 0.236 e. The van der Waals surface area contributed by atoms with E-state index in [0.29, 0.717) is 18.1 Å². The number of carbonyl (C=O) groups is 1. The first-order chi connectivity index (χ1) is 9.04. The maximum atomic E-state index is 11.6. The third kappa shape index (κ3) is 2.33. The second-order valence-corrected chi connectivity index (χ2v) is 6.37. The fourth-order valence-electron chi connectivity index (χ4n) is 2.27. The molecule has 0 spiro atoms. The number of likely N-dealkylation sites (N-methyl/N-ethyl adjacent to an activating group) is 2. The minimum absolute atomic E-state index is 0.155. The van der Waals surface area contributed by atoms with Crippen LogP contribution >= 0.6 is 22.9 Å². The predicted molar refractivity (Wildman–Crippen MR) is 77.6 cm³/mol. The highest BCUT2D eigenvalue weighted by atomic mass is 35.5. The number of fused-ring (bicyclic) bond motifs is 1. The van der Waals surface area contributed by atoms with Crippen LogP contribution in [0.1, 0.15) is 11.0 Å². The zero-order valence-corrected chi connectivity index (χ0v) is 12.3. The zero-order chi connectivity index (χ0) is 13.6. The Hall–Kier alpha value is -1.17. The monoisotopic (exact) mass is 295 g/mol. The lowest BCUT2D eigenvalue weighted by atomic mass is 10.2. The van der Waals surface area contributed by atoms with Crippen LogP contribution in [-0.4, -0.2) is 47.9 Å². The number of hydrogen-bond donors (Lipinski definition) is 0. The molecule has 4 nitrogen and oxygen atoms in total. The fourth-order valence-corrected chi connectivity index (χ4v) is 3.54.